The smallest absolute Gasteiger partial charge is 0.412 e. The molecule has 35 heavy (non-hydrogen) atoms. The Morgan fingerprint density at radius 2 is 1.69 bits per heavy atom. The van der Waals surface area contributed by atoms with E-state index in [9.17, 15) is 19.5 Å². The number of H-pyrrole nitrogens is 1. The number of carbonyl (C=O) groups is 3. The second-order valence-electron chi connectivity index (χ2n) is 8.99. The van der Waals surface area contributed by atoms with Crippen LogP contribution in [0.15, 0.2) is 54.6 Å². The number of fused-ring (bicyclic) bond motifs is 3. The number of ether oxygens (including phenoxy) is 1. The summed E-state index contributed by atoms with van der Waals surface area (Å²) in [6, 6.07) is 17.5. The number of benzene rings is 2. The van der Waals surface area contributed by atoms with Gasteiger partial charge in [-0.3, -0.25) is 20.0 Å². The molecule has 1 unspecified atom stereocenters. The fraction of sp³-hybridized carbons (Fsp3) is 0.308. The van der Waals surface area contributed by atoms with Gasteiger partial charge in [0.15, 0.2) is 5.82 Å². The molecule has 2 amide bonds. The monoisotopic (exact) mass is 476 g/mol. The van der Waals surface area contributed by atoms with Crippen molar-refractivity contribution in [1.29, 1.82) is 0 Å². The van der Waals surface area contributed by atoms with E-state index in [1.807, 2.05) is 50.2 Å². The number of rotatable bonds is 9. The van der Waals surface area contributed by atoms with Crippen LogP contribution in [-0.2, 0) is 9.53 Å². The molecule has 0 saturated carbocycles. The third kappa shape index (κ3) is 5.51. The summed E-state index contributed by atoms with van der Waals surface area (Å²) in [4.78, 5) is 36.2. The first kappa shape index (κ1) is 24.0. The quantitative estimate of drug-likeness (QED) is 0.365. The Labute approximate surface area is 202 Å². The van der Waals surface area contributed by atoms with Crippen LogP contribution in [0.2, 0.25) is 0 Å². The predicted molar refractivity (Wildman–Crippen MR) is 130 cm³/mol. The van der Waals surface area contributed by atoms with E-state index in [4.69, 9.17) is 4.74 Å². The van der Waals surface area contributed by atoms with Crippen molar-refractivity contribution in [3.63, 3.8) is 0 Å². The molecule has 1 aliphatic rings. The molecule has 9 nitrogen and oxygen atoms in total. The highest BCUT2D eigenvalue weighted by atomic mass is 16.5. The van der Waals surface area contributed by atoms with Gasteiger partial charge in [-0.15, -0.1) is 0 Å². The maximum absolute atomic E-state index is 12.4. The minimum atomic E-state index is -0.957. The minimum Gasteiger partial charge on any atom is -0.481 e. The third-order valence-electron chi connectivity index (χ3n) is 6.01. The third-order valence-corrected chi connectivity index (χ3v) is 6.01. The first-order valence-electron chi connectivity index (χ1n) is 11.5. The number of aromatic amines is 1. The van der Waals surface area contributed by atoms with E-state index in [1.54, 1.807) is 0 Å². The van der Waals surface area contributed by atoms with Gasteiger partial charge < -0.3 is 15.2 Å². The van der Waals surface area contributed by atoms with Crippen LogP contribution in [-0.4, -0.2) is 46.4 Å². The van der Waals surface area contributed by atoms with Crippen LogP contribution in [0.5, 0.6) is 0 Å². The van der Waals surface area contributed by atoms with Crippen molar-refractivity contribution in [1.82, 2.24) is 15.5 Å². The molecule has 0 saturated heterocycles. The number of nitrogens with one attached hydrogen (secondary N) is 3. The largest absolute Gasteiger partial charge is 0.481 e. The van der Waals surface area contributed by atoms with Gasteiger partial charge >= 0.3 is 12.1 Å². The predicted octanol–water partition coefficient (Wildman–Crippen LogP) is 4.25. The summed E-state index contributed by atoms with van der Waals surface area (Å²) >= 11 is 0. The topological polar surface area (TPSA) is 133 Å². The summed E-state index contributed by atoms with van der Waals surface area (Å²) in [5, 5.41) is 20.9. The molecule has 182 valence electrons. The van der Waals surface area contributed by atoms with E-state index in [0.29, 0.717) is 6.42 Å². The molecular weight excluding hydrogens is 448 g/mol. The van der Waals surface area contributed by atoms with Gasteiger partial charge in [0.2, 0.25) is 0 Å². The number of amides is 2. The lowest BCUT2D eigenvalue weighted by atomic mass is 9.97. The number of hydrogen-bond acceptors (Lipinski definition) is 5. The van der Waals surface area contributed by atoms with Gasteiger partial charge in [-0.1, -0.05) is 62.4 Å². The maximum atomic E-state index is 12.4. The van der Waals surface area contributed by atoms with Crippen molar-refractivity contribution in [3.05, 3.63) is 71.4 Å². The maximum Gasteiger partial charge on any atom is 0.412 e. The Bertz CT molecular complexity index is 1190. The van der Waals surface area contributed by atoms with Crippen LogP contribution in [0.25, 0.3) is 11.1 Å². The Hall–Kier alpha value is -4.14. The minimum absolute atomic E-state index is 0.000503. The molecule has 9 heteroatoms. The van der Waals surface area contributed by atoms with E-state index in [1.165, 1.54) is 6.07 Å². The number of anilines is 1. The lowest BCUT2D eigenvalue weighted by Gasteiger charge is -2.14. The fourth-order valence-corrected chi connectivity index (χ4v) is 4.39. The highest BCUT2D eigenvalue weighted by Crippen LogP contribution is 2.44. The number of carbonyl (C=O) groups excluding carboxylic acids is 2. The van der Waals surface area contributed by atoms with Gasteiger partial charge in [0, 0.05) is 18.5 Å². The Morgan fingerprint density at radius 1 is 1.06 bits per heavy atom. The first-order valence-corrected chi connectivity index (χ1v) is 11.5. The molecule has 1 aliphatic carbocycles. The van der Waals surface area contributed by atoms with E-state index in [0.717, 1.165) is 22.3 Å². The molecule has 1 heterocycles. The number of aromatic nitrogens is 2. The van der Waals surface area contributed by atoms with Gasteiger partial charge in [-0.2, -0.15) is 5.10 Å². The van der Waals surface area contributed by atoms with E-state index in [-0.39, 0.29) is 36.5 Å². The second kappa shape index (κ2) is 10.4. The number of nitrogens with zero attached hydrogens (tertiary/aromatic N) is 1. The molecular formula is C26H28N4O5. The van der Waals surface area contributed by atoms with Gasteiger partial charge in [0.25, 0.3) is 5.91 Å². The average molecular weight is 477 g/mol. The zero-order chi connectivity index (χ0) is 24.9. The molecule has 0 fully saturated rings. The number of hydrogen-bond donors (Lipinski definition) is 4. The Balaban J connectivity index is 1.32. The van der Waals surface area contributed by atoms with Crippen LogP contribution in [0.1, 0.15) is 47.8 Å². The molecule has 0 aliphatic heterocycles. The molecule has 4 N–H and O–H groups in total. The zero-order valence-electron chi connectivity index (χ0n) is 19.6. The summed E-state index contributed by atoms with van der Waals surface area (Å²) in [6.45, 7) is 4.01. The van der Waals surface area contributed by atoms with Crippen LogP contribution in [0, 0.1) is 11.8 Å². The average Bonchev–Trinajstić information content (AvgIpc) is 3.42. The van der Waals surface area contributed by atoms with Crippen molar-refractivity contribution in [3.8, 4) is 11.1 Å². The normalized spacial score (nSPS) is 13.1. The van der Waals surface area contributed by atoms with Gasteiger partial charge in [-0.05, 0) is 34.6 Å². The molecule has 3 aromatic rings. The van der Waals surface area contributed by atoms with Crippen LogP contribution < -0.4 is 10.6 Å². The van der Waals surface area contributed by atoms with Crippen LogP contribution in [0.3, 0.4) is 0 Å². The number of aliphatic carboxylic acids is 1. The second-order valence-corrected chi connectivity index (χ2v) is 8.99. The molecule has 1 aromatic heterocycles. The highest BCUT2D eigenvalue weighted by Gasteiger charge is 2.29. The molecule has 1 atom stereocenters. The Kier molecular flexibility index (Phi) is 7.14. The standard InChI is InChI=1S/C26H28N4O5/c1-15(2)11-16(25(32)33)13-27-24(31)22-12-23(30-29-22)28-26(34)35-14-21-19-9-5-3-7-17(19)18-8-4-6-10-20(18)21/h3-10,12,15-16,21H,11,13-14H2,1-2H3,(H,27,31)(H,32,33)(H2,28,29,30,34). The molecule has 4 rings (SSSR count). The van der Waals surface area contributed by atoms with E-state index in [2.05, 4.69) is 33.0 Å². The fourth-order valence-electron chi connectivity index (χ4n) is 4.39. The summed E-state index contributed by atoms with van der Waals surface area (Å²) < 4.78 is 5.49. The van der Waals surface area contributed by atoms with Crippen molar-refractivity contribution in [2.75, 3.05) is 18.5 Å². The molecule has 0 radical (unpaired) electrons. The number of carboxylic acids is 1. The van der Waals surface area contributed by atoms with Gasteiger partial charge in [-0.25, -0.2) is 4.79 Å². The van der Waals surface area contributed by atoms with Crippen LogP contribution >= 0.6 is 0 Å². The van der Waals surface area contributed by atoms with Crippen molar-refractivity contribution < 1.29 is 24.2 Å². The number of carboxylic acid groups (broad SMARTS) is 1. The molecule has 0 bridgehead atoms. The zero-order valence-corrected chi connectivity index (χ0v) is 19.6. The summed E-state index contributed by atoms with van der Waals surface area (Å²) in [6.07, 6.45) is -0.235. The lowest BCUT2D eigenvalue weighted by Crippen LogP contribution is -2.33. The first-order chi connectivity index (χ1) is 16.8. The highest BCUT2D eigenvalue weighted by molar-refractivity contribution is 5.94. The van der Waals surface area contributed by atoms with Gasteiger partial charge in [0.1, 0.15) is 12.3 Å². The summed E-state index contributed by atoms with van der Waals surface area (Å²) in [5.74, 6) is -1.89. The molecule has 0 spiro atoms. The lowest BCUT2D eigenvalue weighted by molar-refractivity contribution is -0.142. The van der Waals surface area contributed by atoms with Gasteiger partial charge in [0.05, 0.1) is 5.92 Å². The van der Waals surface area contributed by atoms with Crippen molar-refractivity contribution in [2.45, 2.75) is 26.2 Å². The van der Waals surface area contributed by atoms with Crippen LogP contribution in [0.4, 0.5) is 10.6 Å². The SMILES string of the molecule is CC(C)CC(CNC(=O)c1cc(NC(=O)OCC2c3ccccc3-c3ccccc32)n[nH]1)C(=O)O. The summed E-state index contributed by atoms with van der Waals surface area (Å²) in [5.41, 5.74) is 4.60. The van der Waals surface area contributed by atoms with Crippen molar-refractivity contribution >= 4 is 23.8 Å². The van der Waals surface area contributed by atoms with E-state index >= 15 is 0 Å². The van der Waals surface area contributed by atoms with Crippen molar-refractivity contribution in [2.24, 2.45) is 11.8 Å². The van der Waals surface area contributed by atoms with E-state index < -0.39 is 23.9 Å². The molecule has 2 aromatic carbocycles. The Morgan fingerprint density at radius 3 is 2.29 bits per heavy atom. The summed E-state index contributed by atoms with van der Waals surface area (Å²) in [7, 11) is 0.